The summed E-state index contributed by atoms with van der Waals surface area (Å²) in [5.74, 6) is 0.0740. The molecule has 3 rings (SSSR count). The van der Waals surface area contributed by atoms with Crippen LogP contribution in [0.25, 0.3) is 0 Å². The first kappa shape index (κ1) is 13.7. The van der Waals surface area contributed by atoms with Gasteiger partial charge in [-0.15, -0.1) is 0 Å². The van der Waals surface area contributed by atoms with E-state index in [9.17, 15) is 4.79 Å². The van der Waals surface area contributed by atoms with Crippen molar-refractivity contribution in [2.45, 2.75) is 6.42 Å². The fourth-order valence-corrected chi connectivity index (χ4v) is 2.74. The van der Waals surface area contributed by atoms with E-state index in [2.05, 4.69) is 34.1 Å². The summed E-state index contributed by atoms with van der Waals surface area (Å²) in [5, 5.41) is 0. The van der Waals surface area contributed by atoms with Gasteiger partial charge < -0.3 is 14.4 Å². The molecule has 110 valence electrons. The van der Waals surface area contributed by atoms with Crippen LogP contribution >= 0.6 is 0 Å². The number of benzene rings is 1. The van der Waals surface area contributed by atoms with E-state index < -0.39 is 0 Å². The zero-order chi connectivity index (χ0) is 14.7. The van der Waals surface area contributed by atoms with Crippen molar-refractivity contribution in [3.63, 3.8) is 0 Å². The monoisotopic (exact) mass is 284 g/mol. The van der Waals surface area contributed by atoms with Crippen LogP contribution < -0.4 is 4.90 Å². The van der Waals surface area contributed by atoms with Gasteiger partial charge in [0.2, 0.25) is 0 Å². The van der Waals surface area contributed by atoms with Crippen molar-refractivity contribution in [1.29, 1.82) is 0 Å². The average Bonchev–Trinajstić information content (AvgIpc) is 2.80. The number of aryl methyl sites for hydroxylation is 1. The van der Waals surface area contributed by atoms with Gasteiger partial charge in [0.15, 0.2) is 0 Å². The summed E-state index contributed by atoms with van der Waals surface area (Å²) < 4.78 is 1.78. The van der Waals surface area contributed by atoms with Gasteiger partial charge >= 0.3 is 0 Å². The van der Waals surface area contributed by atoms with Crippen LogP contribution in [0, 0.1) is 0 Å². The minimum atomic E-state index is 0.0740. The van der Waals surface area contributed by atoms with Crippen molar-refractivity contribution in [2.75, 3.05) is 31.1 Å². The lowest BCUT2D eigenvalue weighted by Gasteiger charge is -2.23. The van der Waals surface area contributed by atoms with Crippen molar-refractivity contribution in [3.05, 3.63) is 48.5 Å². The van der Waals surface area contributed by atoms with Crippen LogP contribution in [0.15, 0.2) is 42.9 Å². The second kappa shape index (κ2) is 5.99. The third-order valence-corrected chi connectivity index (χ3v) is 3.94. The number of amides is 1. The Bertz CT molecular complexity index is 608. The quantitative estimate of drug-likeness (QED) is 0.844. The lowest BCUT2D eigenvalue weighted by molar-refractivity contribution is 0.0757. The highest BCUT2D eigenvalue weighted by Gasteiger charge is 2.22. The van der Waals surface area contributed by atoms with Gasteiger partial charge in [0, 0.05) is 38.9 Å². The second-order valence-corrected chi connectivity index (χ2v) is 5.36. The molecule has 1 aliphatic rings. The normalized spacial score (nSPS) is 15.9. The van der Waals surface area contributed by atoms with Gasteiger partial charge in [0.25, 0.3) is 5.91 Å². The highest BCUT2D eigenvalue weighted by molar-refractivity contribution is 5.92. The van der Waals surface area contributed by atoms with Crippen molar-refractivity contribution in [1.82, 2.24) is 14.5 Å². The number of hydrogen-bond donors (Lipinski definition) is 0. The van der Waals surface area contributed by atoms with Gasteiger partial charge in [0.1, 0.15) is 5.69 Å². The van der Waals surface area contributed by atoms with E-state index in [1.165, 1.54) is 5.69 Å². The smallest absolute Gasteiger partial charge is 0.272 e. The molecule has 2 aromatic rings. The number of anilines is 1. The largest absolute Gasteiger partial charge is 0.370 e. The van der Waals surface area contributed by atoms with Crippen molar-refractivity contribution in [2.24, 2.45) is 7.05 Å². The standard InChI is InChI=1S/C16H20N4O/c1-18-13-17-12-15(18)16(21)20-9-5-8-19(10-11-20)14-6-3-2-4-7-14/h2-4,6-7,12-13H,5,8-11H2,1H3. The first-order chi connectivity index (χ1) is 10.3. The van der Waals surface area contributed by atoms with E-state index in [4.69, 9.17) is 0 Å². The summed E-state index contributed by atoms with van der Waals surface area (Å²) in [7, 11) is 1.86. The molecule has 1 aromatic carbocycles. The molecular weight excluding hydrogens is 264 g/mol. The lowest BCUT2D eigenvalue weighted by Crippen LogP contribution is -2.36. The summed E-state index contributed by atoms with van der Waals surface area (Å²) in [4.78, 5) is 20.8. The van der Waals surface area contributed by atoms with Gasteiger partial charge in [-0.1, -0.05) is 18.2 Å². The van der Waals surface area contributed by atoms with E-state index in [0.717, 1.165) is 32.6 Å². The van der Waals surface area contributed by atoms with Gasteiger partial charge in [-0.2, -0.15) is 0 Å². The molecule has 1 saturated heterocycles. The van der Waals surface area contributed by atoms with E-state index >= 15 is 0 Å². The number of aromatic nitrogens is 2. The number of nitrogens with zero attached hydrogens (tertiary/aromatic N) is 4. The minimum Gasteiger partial charge on any atom is -0.370 e. The fraction of sp³-hybridized carbons (Fsp3) is 0.375. The number of hydrogen-bond acceptors (Lipinski definition) is 3. The van der Waals surface area contributed by atoms with Crippen molar-refractivity contribution >= 4 is 11.6 Å². The van der Waals surface area contributed by atoms with Crippen LogP contribution in [0.2, 0.25) is 0 Å². The predicted molar refractivity (Wildman–Crippen MR) is 82.4 cm³/mol. The molecule has 1 fully saturated rings. The van der Waals surface area contributed by atoms with Crippen LogP contribution in [0.1, 0.15) is 16.9 Å². The van der Waals surface area contributed by atoms with Crippen LogP contribution in [-0.2, 0) is 7.05 Å². The highest BCUT2D eigenvalue weighted by atomic mass is 16.2. The maximum atomic E-state index is 12.5. The average molecular weight is 284 g/mol. The summed E-state index contributed by atoms with van der Waals surface area (Å²) in [6.45, 7) is 3.40. The molecule has 21 heavy (non-hydrogen) atoms. The SMILES string of the molecule is Cn1cncc1C(=O)N1CCCN(c2ccccc2)CC1. The third kappa shape index (κ3) is 2.91. The molecule has 0 bridgehead atoms. The summed E-state index contributed by atoms with van der Waals surface area (Å²) in [5.41, 5.74) is 1.88. The Balaban J connectivity index is 1.69. The first-order valence-electron chi connectivity index (χ1n) is 7.31. The van der Waals surface area contributed by atoms with Crippen LogP contribution in [-0.4, -0.2) is 46.5 Å². The van der Waals surface area contributed by atoms with Crippen molar-refractivity contribution < 1.29 is 4.79 Å². The number of carbonyl (C=O) groups excluding carboxylic acids is 1. The molecule has 1 aromatic heterocycles. The molecule has 5 heteroatoms. The zero-order valence-electron chi connectivity index (χ0n) is 12.3. The number of imidazole rings is 1. The van der Waals surface area contributed by atoms with E-state index in [1.54, 1.807) is 17.1 Å². The van der Waals surface area contributed by atoms with E-state index in [0.29, 0.717) is 5.69 Å². The molecule has 1 amide bonds. The van der Waals surface area contributed by atoms with Gasteiger partial charge in [-0.25, -0.2) is 4.98 Å². The number of carbonyl (C=O) groups is 1. The topological polar surface area (TPSA) is 41.4 Å². The number of para-hydroxylation sites is 1. The second-order valence-electron chi connectivity index (χ2n) is 5.36. The summed E-state index contributed by atoms with van der Waals surface area (Å²) >= 11 is 0. The Morgan fingerprint density at radius 1 is 1.10 bits per heavy atom. The third-order valence-electron chi connectivity index (χ3n) is 3.94. The molecular formula is C16H20N4O. The first-order valence-corrected chi connectivity index (χ1v) is 7.31. The molecule has 0 N–H and O–H groups in total. The zero-order valence-corrected chi connectivity index (χ0v) is 12.3. The maximum Gasteiger partial charge on any atom is 0.272 e. The molecule has 5 nitrogen and oxygen atoms in total. The molecule has 0 aliphatic carbocycles. The minimum absolute atomic E-state index is 0.0740. The van der Waals surface area contributed by atoms with Gasteiger partial charge in [-0.05, 0) is 18.6 Å². The molecule has 0 saturated carbocycles. The molecule has 2 heterocycles. The fourth-order valence-electron chi connectivity index (χ4n) is 2.74. The molecule has 0 spiro atoms. The van der Waals surface area contributed by atoms with Crippen LogP contribution in [0.3, 0.4) is 0 Å². The Labute approximate surface area is 124 Å². The van der Waals surface area contributed by atoms with Crippen LogP contribution in [0.4, 0.5) is 5.69 Å². The van der Waals surface area contributed by atoms with E-state index in [1.807, 2.05) is 18.0 Å². The molecule has 0 unspecified atom stereocenters. The van der Waals surface area contributed by atoms with Gasteiger partial charge in [-0.3, -0.25) is 4.79 Å². The molecule has 1 aliphatic heterocycles. The highest BCUT2D eigenvalue weighted by Crippen LogP contribution is 2.16. The van der Waals surface area contributed by atoms with E-state index in [-0.39, 0.29) is 5.91 Å². The van der Waals surface area contributed by atoms with Crippen LogP contribution in [0.5, 0.6) is 0 Å². The molecule has 0 radical (unpaired) electrons. The Hall–Kier alpha value is -2.30. The molecule has 0 atom stereocenters. The summed E-state index contributed by atoms with van der Waals surface area (Å²) in [6.07, 6.45) is 4.29. The lowest BCUT2D eigenvalue weighted by atomic mass is 10.3. The summed E-state index contributed by atoms with van der Waals surface area (Å²) in [6, 6.07) is 10.4. The predicted octanol–water partition coefficient (Wildman–Crippen LogP) is 1.77. The van der Waals surface area contributed by atoms with Gasteiger partial charge in [0.05, 0.1) is 12.5 Å². The van der Waals surface area contributed by atoms with Crippen molar-refractivity contribution in [3.8, 4) is 0 Å². The Morgan fingerprint density at radius 3 is 2.62 bits per heavy atom. The maximum absolute atomic E-state index is 12.5. The number of rotatable bonds is 2. The Morgan fingerprint density at radius 2 is 1.90 bits per heavy atom. The Kier molecular flexibility index (Phi) is 3.90.